The Hall–Kier alpha value is -2.17. The Morgan fingerprint density at radius 1 is 0.923 bits per heavy atom. The van der Waals surface area contributed by atoms with Crippen LogP contribution in [0.1, 0.15) is 25.0 Å². The van der Waals surface area contributed by atoms with E-state index in [0.717, 1.165) is 19.6 Å². The lowest BCUT2D eigenvalue weighted by Crippen LogP contribution is -2.59. The van der Waals surface area contributed by atoms with Crippen LogP contribution in [0.25, 0.3) is 0 Å². The summed E-state index contributed by atoms with van der Waals surface area (Å²) in [5, 5.41) is 0. The van der Waals surface area contributed by atoms with E-state index >= 15 is 0 Å². The molecule has 138 valence electrons. The normalized spacial score (nSPS) is 21.5. The van der Waals surface area contributed by atoms with Crippen molar-refractivity contribution in [3.05, 3.63) is 71.8 Å². The summed E-state index contributed by atoms with van der Waals surface area (Å²) in [5.74, 6) is -0.117. The van der Waals surface area contributed by atoms with Crippen molar-refractivity contribution in [1.29, 1.82) is 0 Å². The summed E-state index contributed by atoms with van der Waals surface area (Å²) in [7, 11) is 0. The third-order valence-electron chi connectivity index (χ3n) is 4.99. The van der Waals surface area contributed by atoms with Crippen molar-refractivity contribution in [2.75, 3.05) is 19.7 Å². The van der Waals surface area contributed by atoms with Crippen molar-refractivity contribution in [2.45, 2.75) is 39.0 Å². The van der Waals surface area contributed by atoms with Gasteiger partial charge in [0, 0.05) is 32.2 Å². The third kappa shape index (κ3) is 4.71. The maximum Gasteiger partial charge on any atom is 0.324 e. The average molecular weight is 352 g/mol. The average Bonchev–Trinajstić information content (AvgIpc) is 2.66. The molecule has 1 aliphatic heterocycles. The minimum absolute atomic E-state index is 0.117. The van der Waals surface area contributed by atoms with Crippen molar-refractivity contribution in [3.63, 3.8) is 0 Å². The van der Waals surface area contributed by atoms with Gasteiger partial charge in [0.25, 0.3) is 0 Å². The number of nitrogens with zero attached hydrogens (tertiary/aromatic N) is 2. The molecule has 0 aromatic heterocycles. The summed E-state index contributed by atoms with van der Waals surface area (Å²) >= 11 is 0. The van der Waals surface area contributed by atoms with Gasteiger partial charge in [0.05, 0.1) is 6.61 Å². The predicted molar refractivity (Wildman–Crippen MR) is 104 cm³/mol. The monoisotopic (exact) mass is 352 g/mol. The SMILES string of the molecule is CCOC(=O)C1CN(Cc2ccccc2)C(C)CN1Cc1ccccc1. The summed E-state index contributed by atoms with van der Waals surface area (Å²) < 4.78 is 5.38. The number of piperazine rings is 1. The van der Waals surface area contributed by atoms with E-state index in [0.29, 0.717) is 19.2 Å². The molecule has 0 N–H and O–H groups in total. The lowest BCUT2D eigenvalue weighted by Gasteiger charge is -2.44. The smallest absolute Gasteiger partial charge is 0.324 e. The van der Waals surface area contributed by atoms with Gasteiger partial charge >= 0.3 is 5.97 Å². The standard InChI is InChI=1S/C22H28N2O2/c1-3-26-22(25)21-17-23(15-19-10-6-4-7-11-19)18(2)14-24(21)16-20-12-8-5-9-13-20/h4-13,18,21H,3,14-17H2,1-2H3. The molecular formula is C22H28N2O2. The van der Waals surface area contributed by atoms with Crippen molar-refractivity contribution >= 4 is 5.97 Å². The Labute approximate surface area is 156 Å². The second kappa shape index (κ2) is 8.97. The molecule has 0 spiro atoms. The molecule has 4 heteroatoms. The summed E-state index contributed by atoms with van der Waals surface area (Å²) in [5.41, 5.74) is 2.50. The topological polar surface area (TPSA) is 32.8 Å². The first kappa shape index (κ1) is 18.6. The molecule has 1 fully saturated rings. The summed E-state index contributed by atoms with van der Waals surface area (Å²) in [6, 6.07) is 20.9. The van der Waals surface area contributed by atoms with Crippen LogP contribution in [0, 0.1) is 0 Å². The molecular weight excluding hydrogens is 324 g/mol. The van der Waals surface area contributed by atoms with Crippen LogP contribution in [-0.2, 0) is 22.6 Å². The van der Waals surface area contributed by atoms with Gasteiger partial charge < -0.3 is 4.74 Å². The van der Waals surface area contributed by atoms with Crippen LogP contribution in [0.2, 0.25) is 0 Å². The molecule has 0 radical (unpaired) electrons. The van der Waals surface area contributed by atoms with Crippen LogP contribution < -0.4 is 0 Å². The van der Waals surface area contributed by atoms with Gasteiger partial charge in [-0.1, -0.05) is 60.7 Å². The van der Waals surface area contributed by atoms with Crippen molar-refractivity contribution in [3.8, 4) is 0 Å². The van der Waals surface area contributed by atoms with Gasteiger partial charge in [0.1, 0.15) is 6.04 Å². The first-order chi connectivity index (χ1) is 12.7. The molecule has 2 unspecified atom stereocenters. The number of benzene rings is 2. The van der Waals surface area contributed by atoms with E-state index in [2.05, 4.69) is 53.1 Å². The lowest BCUT2D eigenvalue weighted by atomic mass is 10.0. The maximum absolute atomic E-state index is 12.6. The molecule has 2 aromatic carbocycles. The van der Waals surface area contributed by atoms with E-state index in [1.165, 1.54) is 11.1 Å². The zero-order valence-corrected chi connectivity index (χ0v) is 15.7. The molecule has 0 bridgehead atoms. The number of carbonyl (C=O) groups excluding carboxylic acids is 1. The molecule has 4 nitrogen and oxygen atoms in total. The third-order valence-corrected chi connectivity index (χ3v) is 4.99. The summed E-state index contributed by atoms with van der Waals surface area (Å²) in [6.07, 6.45) is 0. The maximum atomic E-state index is 12.6. The summed E-state index contributed by atoms with van der Waals surface area (Å²) in [6.45, 7) is 7.70. The molecule has 1 aliphatic rings. The fourth-order valence-corrected chi connectivity index (χ4v) is 3.59. The highest BCUT2D eigenvalue weighted by Crippen LogP contribution is 2.21. The first-order valence-corrected chi connectivity index (χ1v) is 9.40. The molecule has 2 atom stereocenters. The van der Waals surface area contributed by atoms with Crippen LogP contribution >= 0.6 is 0 Å². The van der Waals surface area contributed by atoms with Gasteiger partial charge in [-0.25, -0.2) is 0 Å². The van der Waals surface area contributed by atoms with Crippen molar-refractivity contribution in [2.24, 2.45) is 0 Å². The van der Waals surface area contributed by atoms with Crippen LogP contribution in [-0.4, -0.2) is 47.5 Å². The Morgan fingerprint density at radius 2 is 1.46 bits per heavy atom. The van der Waals surface area contributed by atoms with Gasteiger partial charge in [-0.05, 0) is 25.0 Å². The van der Waals surface area contributed by atoms with Crippen LogP contribution in [0.5, 0.6) is 0 Å². The van der Waals surface area contributed by atoms with E-state index in [4.69, 9.17) is 4.74 Å². The number of hydrogen-bond donors (Lipinski definition) is 0. The Bertz CT molecular complexity index is 690. The highest BCUT2D eigenvalue weighted by molar-refractivity contribution is 5.76. The number of rotatable bonds is 6. The minimum Gasteiger partial charge on any atom is -0.465 e. The Kier molecular flexibility index (Phi) is 6.42. The van der Waals surface area contributed by atoms with Crippen molar-refractivity contribution < 1.29 is 9.53 Å². The molecule has 1 saturated heterocycles. The predicted octanol–water partition coefficient (Wildman–Crippen LogP) is 3.32. The molecule has 2 aromatic rings. The largest absolute Gasteiger partial charge is 0.465 e. The molecule has 0 aliphatic carbocycles. The number of carbonyl (C=O) groups is 1. The van der Waals surface area contributed by atoms with Crippen LogP contribution in [0.4, 0.5) is 0 Å². The van der Waals surface area contributed by atoms with Crippen molar-refractivity contribution in [1.82, 2.24) is 9.80 Å². The number of ether oxygens (including phenoxy) is 1. The van der Waals surface area contributed by atoms with E-state index in [1.807, 2.05) is 31.2 Å². The number of esters is 1. The Morgan fingerprint density at radius 3 is 2.00 bits per heavy atom. The second-order valence-electron chi connectivity index (χ2n) is 6.95. The van der Waals surface area contributed by atoms with E-state index in [1.54, 1.807) is 0 Å². The second-order valence-corrected chi connectivity index (χ2v) is 6.95. The number of hydrogen-bond acceptors (Lipinski definition) is 4. The molecule has 3 rings (SSSR count). The van der Waals surface area contributed by atoms with Crippen LogP contribution in [0.15, 0.2) is 60.7 Å². The van der Waals surface area contributed by atoms with E-state index in [9.17, 15) is 4.79 Å². The molecule has 1 heterocycles. The Balaban J connectivity index is 1.74. The molecule has 26 heavy (non-hydrogen) atoms. The molecule has 0 amide bonds. The molecule has 0 saturated carbocycles. The fourth-order valence-electron chi connectivity index (χ4n) is 3.59. The van der Waals surface area contributed by atoms with Gasteiger partial charge in [-0.3, -0.25) is 14.6 Å². The van der Waals surface area contributed by atoms with Gasteiger partial charge in [-0.15, -0.1) is 0 Å². The summed E-state index contributed by atoms with van der Waals surface area (Å²) in [4.78, 5) is 17.3. The lowest BCUT2D eigenvalue weighted by molar-refractivity contribution is -0.153. The fraction of sp³-hybridized carbons (Fsp3) is 0.409. The zero-order chi connectivity index (χ0) is 18.4. The zero-order valence-electron chi connectivity index (χ0n) is 15.7. The van der Waals surface area contributed by atoms with Gasteiger partial charge in [0.2, 0.25) is 0 Å². The van der Waals surface area contributed by atoms with Gasteiger partial charge in [-0.2, -0.15) is 0 Å². The van der Waals surface area contributed by atoms with Gasteiger partial charge in [0.15, 0.2) is 0 Å². The highest BCUT2D eigenvalue weighted by atomic mass is 16.5. The quantitative estimate of drug-likeness (QED) is 0.747. The van der Waals surface area contributed by atoms with Crippen LogP contribution in [0.3, 0.4) is 0 Å². The highest BCUT2D eigenvalue weighted by Gasteiger charge is 2.36. The van der Waals surface area contributed by atoms with E-state index < -0.39 is 0 Å². The minimum atomic E-state index is -0.227. The first-order valence-electron chi connectivity index (χ1n) is 9.40. The van der Waals surface area contributed by atoms with E-state index in [-0.39, 0.29) is 12.0 Å².